The van der Waals surface area contributed by atoms with Crippen LogP contribution in [-0.4, -0.2) is 68.3 Å². The number of nitrogens with zero attached hydrogens (tertiary/aromatic N) is 4. The van der Waals surface area contributed by atoms with Gasteiger partial charge in [-0.05, 0) is 43.7 Å². The van der Waals surface area contributed by atoms with Crippen LogP contribution in [0.25, 0.3) is 0 Å². The first-order valence-electron chi connectivity index (χ1n) is 10.4. The molecule has 0 unspecified atom stereocenters. The zero-order chi connectivity index (χ0) is 19.4. The molecule has 1 aliphatic rings. The van der Waals surface area contributed by atoms with E-state index in [2.05, 4.69) is 84.9 Å². The summed E-state index contributed by atoms with van der Waals surface area (Å²) in [7, 11) is 1.83. The number of aliphatic imine (C=N–C) groups is 1. The molecule has 0 amide bonds. The molecule has 1 fully saturated rings. The normalized spacial score (nSPS) is 15.1. The Morgan fingerprint density at radius 1 is 0.862 bits per heavy atom. The van der Waals surface area contributed by atoms with Crippen LogP contribution in [0.3, 0.4) is 0 Å². The average Bonchev–Trinajstić information content (AvgIpc) is 3.27. The summed E-state index contributed by atoms with van der Waals surface area (Å²) in [5.41, 5.74) is 1.35. The summed E-state index contributed by atoms with van der Waals surface area (Å²) in [5.74, 6) is 0.892. The minimum Gasteiger partial charge on any atom is -0.369 e. The highest BCUT2D eigenvalue weighted by atomic mass is 127. The maximum absolute atomic E-state index is 4.30. The van der Waals surface area contributed by atoms with Crippen molar-refractivity contribution in [3.8, 4) is 0 Å². The Morgan fingerprint density at radius 3 is 2.24 bits per heavy atom. The third kappa shape index (κ3) is 8.26. The molecule has 0 spiro atoms. The molecule has 0 aliphatic carbocycles. The lowest BCUT2D eigenvalue weighted by atomic mass is 10.2. The highest BCUT2D eigenvalue weighted by Gasteiger charge is 2.16. The molecule has 2 N–H and O–H groups in total. The summed E-state index contributed by atoms with van der Waals surface area (Å²) in [6, 6.07) is 14.8. The first kappa shape index (κ1) is 23.5. The van der Waals surface area contributed by atoms with E-state index in [0.29, 0.717) is 0 Å². The van der Waals surface area contributed by atoms with Crippen molar-refractivity contribution in [2.45, 2.75) is 19.4 Å². The van der Waals surface area contributed by atoms with Crippen LogP contribution < -0.4 is 15.5 Å². The first-order chi connectivity index (χ1) is 13.8. The molecule has 0 radical (unpaired) electrons. The van der Waals surface area contributed by atoms with Crippen molar-refractivity contribution in [2.24, 2.45) is 4.99 Å². The van der Waals surface area contributed by atoms with E-state index in [-0.39, 0.29) is 24.0 Å². The van der Waals surface area contributed by atoms with Gasteiger partial charge in [0.05, 0.1) is 0 Å². The minimum atomic E-state index is 0. The molecule has 0 bridgehead atoms. The van der Waals surface area contributed by atoms with E-state index in [1.54, 1.807) is 0 Å². The summed E-state index contributed by atoms with van der Waals surface area (Å²) in [6.45, 7) is 8.54. The molecule has 3 rings (SSSR count). The molecule has 0 saturated carbocycles. The van der Waals surface area contributed by atoms with Gasteiger partial charge in [-0.1, -0.05) is 18.2 Å². The quantitative estimate of drug-likeness (QED) is 0.236. The van der Waals surface area contributed by atoms with Crippen molar-refractivity contribution in [2.75, 3.05) is 57.8 Å². The second kappa shape index (κ2) is 13.5. The second-order valence-electron chi connectivity index (χ2n) is 7.22. The molecule has 1 aromatic heterocycles. The Kier molecular flexibility index (Phi) is 10.9. The topological polar surface area (TPSA) is 47.8 Å². The van der Waals surface area contributed by atoms with Gasteiger partial charge in [0, 0.05) is 70.9 Å². The zero-order valence-electron chi connectivity index (χ0n) is 17.5. The number of aromatic nitrogens is 1. The number of guanidine groups is 1. The van der Waals surface area contributed by atoms with Gasteiger partial charge in [0.2, 0.25) is 0 Å². The van der Waals surface area contributed by atoms with Gasteiger partial charge in [-0.15, -0.1) is 24.0 Å². The number of piperazine rings is 1. The monoisotopic (exact) mass is 510 g/mol. The third-order valence-corrected chi connectivity index (χ3v) is 5.24. The Balaban J connectivity index is 0.00000300. The van der Waals surface area contributed by atoms with Crippen molar-refractivity contribution in [3.63, 3.8) is 0 Å². The van der Waals surface area contributed by atoms with E-state index in [9.17, 15) is 0 Å². The molecule has 0 atom stereocenters. The van der Waals surface area contributed by atoms with Crippen molar-refractivity contribution in [3.05, 3.63) is 54.9 Å². The number of nitrogens with one attached hydrogen (secondary N) is 2. The molecule has 1 aromatic carbocycles. The van der Waals surface area contributed by atoms with E-state index < -0.39 is 0 Å². The number of benzene rings is 1. The van der Waals surface area contributed by atoms with Crippen LogP contribution in [0.1, 0.15) is 12.8 Å². The number of hydrogen-bond donors (Lipinski definition) is 2. The van der Waals surface area contributed by atoms with Crippen LogP contribution in [0.5, 0.6) is 0 Å². The van der Waals surface area contributed by atoms with Gasteiger partial charge in [0.15, 0.2) is 5.96 Å². The standard InChI is InChI=1S/C22H34N6.HI/c1-23-22(25-12-16-26-14-7-8-15-26)24-11-5-6-13-27-17-19-28(20-18-27)21-9-3-2-4-10-21;/h2-4,7-10,14-15H,5-6,11-13,16-20H2,1H3,(H2,23,24,25);1H. The zero-order valence-corrected chi connectivity index (χ0v) is 19.8. The summed E-state index contributed by atoms with van der Waals surface area (Å²) >= 11 is 0. The molecular formula is C22H35IN6. The van der Waals surface area contributed by atoms with E-state index >= 15 is 0 Å². The van der Waals surface area contributed by atoms with Crippen molar-refractivity contribution < 1.29 is 0 Å². The summed E-state index contributed by atoms with van der Waals surface area (Å²) in [6.07, 6.45) is 6.55. The third-order valence-electron chi connectivity index (χ3n) is 5.24. The lowest BCUT2D eigenvalue weighted by Crippen LogP contribution is -2.46. The largest absolute Gasteiger partial charge is 0.369 e. The Bertz CT molecular complexity index is 681. The minimum absolute atomic E-state index is 0. The molecule has 1 aliphatic heterocycles. The van der Waals surface area contributed by atoms with E-state index in [4.69, 9.17) is 0 Å². The van der Waals surface area contributed by atoms with Crippen molar-refractivity contribution in [1.29, 1.82) is 0 Å². The fourth-order valence-corrected chi connectivity index (χ4v) is 3.58. The van der Waals surface area contributed by atoms with Crippen LogP contribution in [-0.2, 0) is 6.54 Å². The number of para-hydroxylation sites is 1. The van der Waals surface area contributed by atoms with Crippen molar-refractivity contribution >= 4 is 35.6 Å². The molecule has 2 heterocycles. The van der Waals surface area contributed by atoms with Crippen LogP contribution in [0.2, 0.25) is 0 Å². The van der Waals surface area contributed by atoms with Crippen LogP contribution in [0.4, 0.5) is 5.69 Å². The van der Waals surface area contributed by atoms with Gasteiger partial charge in [-0.2, -0.15) is 0 Å². The second-order valence-corrected chi connectivity index (χ2v) is 7.22. The maximum Gasteiger partial charge on any atom is 0.191 e. The van der Waals surface area contributed by atoms with Gasteiger partial charge in [0.1, 0.15) is 0 Å². The molecule has 2 aromatic rings. The van der Waals surface area contributed by atoms with Gasteiger partial charge in [0.25, 0.3) is 0 Å². The molecule has 160 valence electrons. The van der Waals surface area contributed by atoms with Gasteiger partial charge >= 0.3 is 0 Å². The average molecular weight is 510 g/mol. The Morgan fingerprint density at radius 2 is 1.55 bits per heavy atom. The van der Waals surface area contributed by atoms with Crippen LogP contribution in [0.15, 0.2) is 59.9 Å². The van der Waals surface area contributed by atoms with Crippen LogP contribution in [0, 0.1) is 0 Å². The molecule has 6 nitrogen and oxygen atoms in total. The lowest BCUT2D eigenvalue weighted by Gasteiger charge is -2.36. The number of halogens is 1. The number of rotatable bonds is 9. The summed E-state index contributed by atoms with van der Waals surface area (Å²) in [4.78, 5) is 9.38. The highest BCUT2D eigenvalue weighted by molar-refractivity contribution is 14.0. The fraction of sp³-hybridized carbons (Fsp3) is 0.500. The number of unbranched alkanes of at least 4 members (excludes halogenated alkanes) is 1. The predicted molar refractivity (Wildman–Crippen MR) is 134 cm³/mol. The number of hydrogen-bond acceptors (Lipinski definition) is 3. The fourth-order valence-electron chi connectivity index (χ4n) is 3.58. The van der Waals surface area contributed by atoms with E-state index in [1.807, 2.05) is 7.05 Å². The Hall–Kier alpha value is -1.74. The predicted octanol–water partition coefficient (Wildman–Crippen LogP) is 2.87. The van der Waals surface area contributed by atoms with Gasteiger partial charge in [-0.25, -0.2) is 0 Å². The molecule has 29 heavy (non-hydrogen) atoms. The first-order valence-corrected chi connectivity index (χ1v) is 10.4. The number of anilines is 1. The lowest BCUT2D eigenvalue weighted by molar-refractivity contribution is 0.253. The Labute approximate surface area is 192 Å². The van der Waals surface area contributed by atoms with Gasteiger partial charge in [-0.3, -0.25) is 9.89 Å². The summed E-state index contributed by atoms with van der Waals surface area (Å²) in [5, 5.41) is 6.79. The van der Waals surface area contributed by atoms with Crippen LogP contribution >= 0.6 is 24.0 Å². The summed E-state index contributed by atoms with van der Waals surface area (Å²) < 4.78 is 2.16. The van der Waals surface area contributed by atoms with E-state index in [1.165, 1.54) is 18.7 Å². The molecule has 1 saturated heterocycles. The SMILES string of the molecule is CN=C(NCCCCN1CCN(c2ccccc2)CC1)NCCn1cccc1.I. The maximum atomic E-state index is 4.30. The van der Waals surface area contributed by atoms with Crippen molar-refractivity contribution in [1.82, 2.24) is 20.1 Å². The van der Waals surface area contributed by atoms with E-state index in [0.717, 1.165) is 58.2 Å². The van der Waals surface area contributed by atoms with Gasteiger partial charge < -0.3 is 20.1 Å². The highest BCUT2D eigenvalue weighted by Crippen LogP contribution is 2.15. The molecule has 7 heteroatoms. The molecular weight excluding hydrogens is 475 g/mol. The smallest absolute Gasteiger partial charge is 0.191 e.